The van der Waals surface area contributed by atoms with Crippen LogP contribution in [0.25, 0.3) is 21.9 Å². The topological polar surface area (TPSA) is 228 Å². The van der Waals surface area contributed by atoms with Crippen LogP contribution in [0.4, 0.5) is 0 Å². The quantitative estimate of drug-likeness (QED) is 0.189. The molecule has 2 saturated heterocycles. The first kappa shape index (κ1) is 35.9. The fraction of sp³-hybridized carbons (Fsp3) is 0.486. The number of cyclic esters (lactones) is 1. The second-order valence-corrected chi connectivity index (χ2v) is 12.6. The van der Waals surface area contributed by atoms with E-state index in [-0.39, 0.29) is 24.7 Å². The number of rotatable bonds is 9. The number of aliphatic hydroxyl groups is 5. The van der Waals surface area contributed by atoms with Crippen molar-refractivity contribution in [3.63, 3.8) is 0 Å². The summed E-state index contributed by atoms with van der Waals surface area (Å²) in [4.78, 5) is 25.8. The van der Waals surface area contributed by atoms with Gasteiger partial charge in [0.15, 0.2) is 41.5 Å². The largest absolute Gasteiger partial charge is 0.493 e. The van der Waals surface area contributed by atoms with Gasteiger partial charge in [-0.25, -0.2) is 4.79 Å². The Labute approximate surface area is 296 Å². The molecule has 52 heavy (non-hydrogen) atoms. The van der Waals surface area contributed by atoms with Crippen molar-refractivity contribution in [2.75, 3.05) is 27.6 Å². The Morgan fingerprint density at radius 1 is 0.827 bits per heavy atom. The molecule has 3 aromatic rings. The molecule has 17 heteroatoms. The molecule has 0 unspecified atom stereocenters. The van der Waals surface area contributed by atoms with Gasteiger partial charge in [0, 0.05) is 23.4 Å². The summed E-state index contributed by atoms with van der Waals surface area (Å²) in [6.07, 6.45) is -15.2. The highest BCUT2D eigenvalue weighted by Crippen LogP contribution is 2.50. The number of esters is 2. The van der Waals surface area contributed by atoms with Gasteiger partial charge in [-0.15, -0.1) is 0 Å². The molecule has 0 aliphatic carbocycles. The monoisotopic (exact) mass is 730 g/mol. The Bertz CT molecular complexity index is 1860. The van der Waals surface area contributed by atoms with Crippen molar-refractivity contribution in [2.45, 2.75) is 81.9 Å². The van der Waals surface area contributed by atoms with E-state index in [2.05, 4.69) is 0 Å². The second-order valence-electron chi connectivity index (χ2n) is 12.6. The van der Waals surface area contributed by atoms with Gasteiger partial charge in [0.05, 0.1) is 32.5 Å². The molecule has 4 heterocycles. The Kier molecular flexibility index (Phi) is 9.79. The van der Waals surface area contributed by atoms with Crippen LogP contribution in [0.15, 0.2) is 30.3 Å². The highest BCUT2D eigenvalue weighted by molar-refractivity contribution is 6.14. The number of ether oxygens (including phenoxy) is 10. The van der Waals surface area contributed by atoms with Crippen molar-refractivity contribution in [2.24, 2.45) is 0 Å². The number of methoxy groups -OCH3 is 2. The van der Waals surface area contributed by atoms with Gasteiger partial charge in [-0.3, -0.25) is 4.79 Å². The number of benzene rings is 3. The maximum atomic E-state index is 13.5. The van der Waals surface area contributed by atoms with Crippen LogP contribution in [0.5, 0.6) is 28.7 Å². The number of hydrogen-bond acceptors (Lipinski definition) is 17. The zero-order valence-electron chi connectivity index (χ0n) is 28.4. The first-order valence-electron chi connectivity index (χ1n) is 16.4. The highest BCUT2D eigenvalue weighted by Gasteiger charge is 2.52. The molecule has 280 valence electrons. The predicted molar refractivity (Wildman–Crippen MR) is 173 cm³/mol. The van der Waals surface area contributed by atoms with Crippen LogP contribution in [-0.4, -0.2) is 127 Å². The summed E-state index contributed by atoms with van der Waals surface area (Å²) in [5, 5.41) is 53.3. The molecule has 7 rings (SSSR count). The number of carbonyl (C=O) groups is 2. The van der Waals surface area contributed by atoms with Crippen LogP contribution in [0, 0.1) is 0 Å². The summed E-state index contributed by atoms with van der Waals surface area (Å²) in [6.45, 7) is 1.79. The molecule has 0 saturated carbocycles. The van der Waals surface area contributed by atoms with E-state index in [4.69, 9.17) is 47.4 Å². The van der Waals surface area contributed by atoms with Gasteiger partial charge in [0.25, 0.3) is 0 Å². The normalized spacial score (nSPS) is 30.8. The molecule has 0 aromatic heterocycles. The summed E-state index contributed by atoms with van der Waals surface area (Å²) < 4.78 is 57.3. The van der Waals surface area contributed by atoms with E-state index in [0.717, 1.165) is 6.92 Å². The van der Waals surface area contributed by atoms with Crippen molar-refractivity contribution in [1.82, 2.24) is 0 Å². The van der Waals surface area contributed by atoms with Gasteiger partial charge in [-0.1, -0.05) is 6.07 Å². The van der Waals surface area contributed by atoms with Crippen molar-refractivity contribution in [3.8, 4) is 39.9 Å². The molecule has 17 nitrogen and oxygen atoms in total. The zero-order valence-corrected chi connectivity index (χ0v) is 28.4. The molecule has 3 aromatic carbocycles. The van der Waals surface area contributed by atoms with E-state index in [1.54, 1.807) is 30.3 Å². The maximum Gasteiger partial charge on any atom is 0.339 e. The highest BCUT2D eigenvalue weighted by atomic mass is 16.7. The first-order valence-corrected chi connectivity index (χ1v) is 16.4. The maximum absolute atomic E-state index is 13.5. The smallest absolute Gasteiger partial charge is 0.339 e. The summed E-state index contributed by atoms with van der Waals surface area (Å²) in [7, 11) is 2.92. The van der Waals surface area contributed by atoms with Crippen molar-refractivity contribution < 1.29 is 82.5 Å². The Morgan fingerprint density at radius 2 is 1.54 bits per heavy atom. The molecule has 10 atom stereocenters. The van der Waals surface area contributed by atoms with E-state index in [1.165, 1.54) is 21.1 Å². The van der Waals surface area contributed by atoms with Crippen molar-refractivity contribution >= 4 is 22.7 Å². The van der Waals surface area contributed by atoms with Gasteiger partial charge in [0.2, 0.25) is 13.1 Å². The molecule has 0 amide bonds. The number of carbonyl (C=O) groups excluding carboxylic acids is 2. The molecule has 0 radical (unpaired) electrons. The number of fused-ring (bicyclic) bond motifs is 3. The third-order valence-electron chi connectivity index (χ3n) is 9.50. The molecule has 0 spiro atoms. The minimum atomic E-state index is -1.78. The van der Waals surface area contributed by atoms with Gasteiger partial charge in [-0.05, 0) is 42.1 Å². The second kappa shape index (κ2) is 14.2. The van der Waals surface area contributed by atoms with E-state index in [0.29, 0.717) is 50.5 Å². The third kappa shape index (κ3) is 6.12. The number of hydrogen-bond donors (Lipinski definition) is 5. The van der Waals surface area contributed by atoms with Gasteiger partial charge in [-0.2, -0.15) is 0 Å². The lowest BCUT2D eigenvalue weighted by molar-refractivity contribution is -0.349. The molecule has 5 N–H and O–H groups in total. The van der Waals surface area contributed by atoms with Crippen LogP contribution in [0.1, 0.15) is 29.8 Å². The average molecular weight is 731 g/mol. The van der Waals surface area contributed by atoms with Gasteiger partial charge in [0.1, 0.15) is 42.9 Å². The lowest BCUT2D eigenvalue weighted by atomic mass is 9.89. The van der Waals surface area contributed by atoms with Crippen LogP contribution in [-0.2, 0) is 35.1 Å². The number of aliphatic hydroxyl groups excluding tert-OH is 5. The molecule has 2 fully saturated rings. The first-order chi connectivity index (χ1) is 24.9. The van der Waals surface area contributed by atoms with Crippen LogP contribution >= 0.6 is 0 Å². The molecule has 4 aliphatic rings. The lowest BCUT2D eigenvalue weighted by Crippen LogP contribution is -2.64. The molecule has 0 bridgehead atoms. The molecular formula is C35H38O17. The SMILES string of the molecule is COc1cc2c(O[C@@H]3O[C@H](C)[C@@H](O[C@@H]4O[C@H](CO)[C@@H](O)[C@H](O)[C@H]4O)[C@H](OC(C)=O)[C@H]3O)c3c(c(-c4ccc5c(c4)OCO5)c2cc1OC)C(=O)OC3. The Morgan fingerprint density at radius 3 is 2.23 bits per heavy atom. The summed E-state index contributed by atoms with van der Waals surface area (Å²) in [5.41, 5.74) is 1.62. The standard InChI is InChI=1S/C35H38O17/c1-13-30(51-34-28(40)27(39)26(38)23(10-36)50-34)32(49-14(2)37)29(41)35(48-13)52-31-17-9-21(44-4)20(43-3)8-16(17)24(25-18(31)11-45-33(25)42)15-5-6-19-22(7-15)47-12-46-19/h5-9,13,23,26-30,32,34-36,38-41H,10-12H2,1-4H3/t13-,23-,26-,27+,28-,29-,30-,32-,34+,35+/m1/s1. The average Bonchev–Trinajstić information content (AvgIpc) is 3.77. The van der Waals surface area contributed by atoms with E-state index in [9.17, 15) is 35.1 Å². The van der Waals surface area contributed by atoms with Crippen LogP contribution in [0.2, 0.25) is 0 Å². The minimum absolute atomic E-state index is 0.0440. The van der Waals surface area contributed by atoms with E-state index < -0.39 is 80.0 Å². The van der Waals surface area contributed by atoms with Crippen molar-refractivity contribution in [1.29, 1.82) is 0 Å². The summed E-state index contributed by atoms with van der Waals surface area (Å²) in [6, 6.07) is 8.58. The zero-order chi connectivity index (χ0) is 37.0. The van der Waals surface area contributed by atoms with E-state index >= 15 is 0 Å². The summed E-state index contributed by atoms with van der Waals surface area (Å²) in [5.74, 6) is 0.373. The third-order valence-corrected chi connectivity index (χ3v) is 9.50. The van der Waals surface area contributed by atoms with E-state index in [1.807, 2.05) is 0 Å². The Balaban J connectivity index is 1.30. The summed E-state index contributed by atoms with van der Waals surface area (Å²) >= 11 is 0. The fourth-order valence-corrected chi connectivity index (χ4v) is 6.95. The van der Waals surface area contributed by atoms with Gasteiger partial charge >= 0.3 is 11.9 Å². The van der Waals surface area contributed by atoms with Crippen LogP contribution in [0.3, 0.4) is 0 Å². The predicted octanol–water partition coefficient (Wildman–Crippen LogP) is 0.524. The Hall–Kier alpha value is -4.46. The fourth-order valence-electron chi connectivity index (χ4n) is 6.95. The molecule has 4 aliphatic heterocycles. The minimum Gasteiger partial charge on any atom is -0.493 e. The van der Waals surface area contributed by atoms with Crippen molar-refractivity contribution in [3.05, 3.63) is 41.5 Å². The van der Waals surface area contributed by atoms with Crippen LogP contribution < -0.4 is 23.7 Å². The molecular weight excluding hydrogens is 692 g/mol. The lowest BCUT2D eigenvalue weighted by Gasteiger charge is -2.46. The van der Waals surface area contributed by atoms with Gasteiger partial charge < -0.3 is 72.9 Å².